The van der Waals surface area contributed by atoms with Crippen LogP contribution in [0.25, 0.3) is 0 Å². The normalized spacial score (nSPS) is 19.2. The smallest absolute Gasteiger partial charge is 0.335 e. The number of allylic oxidation sites excluding steroid dienone is 21. The van der Waals surface area contributed by atoms with Crippen LogP contribution < -0.4 is 0 Å². The molecule has 0 aromatic heterocycles. The Morgan fingerprint density at radius 3 is 1.40 bits per heavy atom. The number of unbranched alkanes of at least 4 members (excludes halogenated alkanes) is 10. The Bertz CT molecular complexity index is 1810. The molecule has 0 aromatic carbocycles. The monoisotopic (exact) mass is 1040 g/mol. The SMILES string of the molecule is CC/C=C\C/C=C\C/C=C\C/C=C\C/C=C\CCCC(=O)OCC(COC1OC(C(=O)O)C(O)C(O)C1OC(=O)CCCCCCC/C=C\CCCCCC)OC(=O)C/C=C\C/C=C\C/C=C\C/C=C\C/C=C\CC. The van der Waals surface area contributed by atoms with E-state index in [2.05, 4.69) is 118 Å². The Balaban J connectivity index is 2.82. The maximum atomic E-state index is 13.1. The van der Waals surface area contributed by atoms with E-state index in [1.54, 1.807) is 6.08 Å². The van der Waals surface area contributed by atoms with Crippen molar-refractivity contribution in [2.24, 2.45) is 0 Å². The molecule has 12 nitrogen and oxygen atoms in total. The topological polar surface area (TPSA) is 175 Å². The van der Waals surface area contributed by atoms with Gasteiger partial charge in [-0.2, -0.15) is 0 Å². The number of carboxylic acid groups (broad SMARTS) is 1. The molecular weight excluding hydrogens is 949 g/mol. The van der Waals surface area contributed by atoms with Crippen molar-refractivity contribution in [1.82, 2.24) is 0 Å². The summed E-state index contributed by atoms with van der Waals surface area (Å²) in [6.07, 6.45) is 57.5. The highest BCUT2D eigenvalue weighted by Gasteiger charge is 2.50. The van der Waals surface area contributed by atoms with Crippen molar-refractivity contribution in [3.8, 4) is 0 Å². The van der Waals surface area contributed by atoms with Gasteiger partial charge in [-0.3, -0.25) is 14.4 Å². The van der Waals surface area contributed by atoms with Gasteiger partial charge < -0.3 is 39.0 Å². The molecule has 0 aliphatic carbocycles. The lowest BCUT2D eigenvalue weighted by Gasteiger charge is -2.40. The number of aliphatic hydroxyl groups is 2. The average molecular weight is 1050 g/mol. The van der Waals surface area contributed by atoms with Crippen molar-refractivity contribution in [3.63, 3.8) is 0 Å². The number of ether oxygens (including phenoxy) is 5. The second-order valence-corrected chi connectivity index (χ2v) is 18.5. The third kappa shape index (κ3) is 39.9. The Hall–Kier alpha value is -5.14. The lowest BCUT2D eigenvalue weighted by Crippen LogP contribution is -2.61. The van der Waals surface area contributed by atoms with E-state index in [0.717, 1.165) is 96.3 Å². The van der Waals surface area contributed by atoms with E-state index < -0.39 is 73.9 Å². The van der Waals surface area contributed by atoms with E-state index in [4.69, 9.17) is 23.7 Å². The first-order valence-corrected chi connectivity index (χ1v) is 28.2. The predicted octanol–water partition coefficient (Wildman–Crippen LogP) is 14.2. The summed E-state index contributed by atoms with van der Waals surface area (Å²) >= 11 is 0. The number of carbonyl (C=O) groups is 4. The van der Waals surface area contributed by atoms with Gasteiger partial charge in [0.15, 0.2) is 24.6 Å². The first-order chi connectivity index (χ1) is 36.6. The molecule has 1 aliphatic rings. The highest BCUT2D eigenvalue weighted by molar-refractivity contribution is 5.74. The molecule has 6 atom stereocenters. The lowest BCUT2D eigenvalue weighted by molar-refractivity contribution is -0.301. The number of rotatable bonds is 45. The van der Waals surface area contributed by atoms with Crippen molar-refractivity contribution >= 4 is 23.9 Å². The fourth-order valence-electron chi connectivity index (χ4n) is 7.47. The fourth-order valence-corrected chi connectivity index (χ4v) is 7.47. The van der Waals surface area contributed by atoms with Crippen LogP contribution in [0.2, 0.25) is 0 Å². The van der Waals surface area contributed by atoms with Crippen molar-refractivity contribution < 1.29 is 58.2 Å². The molecule has 75 heavy (non-hydrogen) atoms. The van der Waals surface area contributed by atoms with Gasteiger partial charge in [-0.05, 0) is 109 Å². The van der Waals surface area contributed by atoms with E-state index in [0.29, 0.717) is 25.7 Å². The zero-order valence-corrected chi connectivity index (χ0v) is 46.0. The van der Waals surface area contributed by atoms with Crippen LogP contribution in [0.15, 0.2) is 134 Å². The average Bonchev–Trinajstić information content (AvgIpc) is 3.39. The number of aliphatic hydroxyl groups excluding tert-OH is 2. The molecule has 0 radical (unpaired) electrons. The Morgan fingerprint density at radius 1 is 0.467 bits per heavy atom. The summed E-state index contributed by atoms with van der Waals surface area (Å²) in [6, 6.07) is 0. The van der Waals surface area contributed by atoms with E-state index in [9.17, 15) is 34.5 Å². The molecule has 12 heteroatoms. The number of carbonyl (C=O) groups excluding carboxylic acids is 3. The highest BCUT2D eigenvalue weighted by atomic mass is 16.7. The molecule has 0 bridgehead atoms. The summed E-state index contributed by atoms with van der Waals surface area (Å²) in [5.41, 5.74) is 0. The minimum atomic E-state index is -1.93. The van der Waals surface area contributed by atoms with Crippen molar-refractivity contribution in [2.75, 3.05) is 13.2 Å². The van der Waals surface area contributed by atoms with Crippen molar-refractivity contribution in [2.45, 2.75) is 225 Å². The van der Waals surface area contributed by atoms with Gasteiger partial charge >= 0.3 is 23.9 Å². The summed E-state index contributed by atoms with van der Waals surface area (Å²) in [4.78, 5) is 50.9. The largest absolute Gasteiger partial charge is 0.479 e. The first kappa shape index (κ1) is 67.9. The van der Waals surface area contributed by atoms with Gasteiger partial charge in [0.25, 0.3) is 0 Å². The maximum absolute atomic E-state index is 13.1. The van der Waals surface area contributed by atoms with E-state index in [1.165, 1.54) is 25.7 Å². The minimum Gasteiger partial charge on any atom is -0.479 e. The molecule has 0 saturated carbocycles. The quantitative estimate of drug-likeness (QED) is 0.0228. The number of hydrogen-bond acceptors (Lipinski definition) is 11. The van der Waals surface area contributed by atoms with E-state index in [1.807, 2.05) is 30.4 Å². The first-order valence-electron chi connectivity index (χ1n) is 28.2. The maximum Gasteiger partial charge on any atom is 0.335 e. The van der Waals surface area contributed by atoms with Gasteiger partial charge in [-0.1, -0.05) is 193 Å². The summed E-state index contributed by atoms with van der Waals surface area (Å²) in [7, 11) is 0. The van der Waals surface area contributed by atoms with Crippen LogP contribution in [0.5, 0.6) is 0 Å². The second-order valence-electron chi connectivity index (χ2n) is 18.5. The van der Waals surface area contributed by atoms with E-state index in [-0.39, 0.29) is 19.3 Å². The third-order valence-electron chi connectivity index (χ3n) is 11.7. The van der Waals surface area contributed by atoms with Crippen LogP contribution in [0.1, 0.15) is 188 Å². The highest BCUT2D eigenvalue weighted by Crippen LogP contribution is 2.26. The molecule has 1 fully saturated rings. The van der Waals surface area contributed by atoms with Gasteiger partial charge in [0.2, 0.25) is 0 Å². The molecule has 420 valence electrons. The molecule has 1 saturated heterocycles. The molecular formula is C63H96O12. The third-order valence-corrected chi connectivity index (χ3v) is 11.7. The van der Waals surface area contributed by atoms with Crippen LogP contribution in [-0.2, 0) is 42.9 Å². The fraction of sp³-hybridized carbons (Fsp3) is 0.587. The molecule has 0 spiro atoms. The van der Waals surface area contributed by atoms with Crippen LogP contribution >= 0.6 is 0 Å². The van der Waals surface area contributed by atoms with Gasteiger partial charge in [0.1, 0.15) is 18.8 Å². The summed E-state index contributed by atoms with van der Waals surface area (Å²) in [6.45, 7) is 5.58. The molecule has 1 aliphatic heterocycles. The molecule has 0 aromatic rings. The standard InChI is InChI=1S/C63H96O12/c1-4-7-10-13-16-19-22-25-27-28-30-32-34-37-40-43-46-49-55(64)71-52-54(73-56(65)50-47-44-41-38-36-33-29-26-23-20-17-14-11-8-5-2)53-72-63-61(59(68)58(67)60(75-63)62(69)70)74-57(66)51-48-45-42-39-35-31-24-21-18-15-12-9-6-3/h7-8,10-11,16-17,19-21,24-27,29-30,32,36-38,40,44,47,54,58-61,63,67-68H,4-6,9,12-15,18,22-23,28,31,33-35,39,41-43,45-46,48-53H2,1-3H3,(H,69,70)/b10-7-,11-8-,19-16-,20-17-,24-21-,27-25-,29-26-,32-30-,38-36-,40-37-,47-44-. The lowest BCUT2D eigenvalue weighted by atomic mass is 9.98. The van der Waals surface area contributed by atoms with Crippen molar-refractivity contribution in [3.05, 3.63) is 134 Å². The van der Waals surface area contributed by atoms with Crippen LogP contribution in [0.4, 0.5) is 0 Å². The second kappa shape index (κ2) is 49.7. The molecule has 6 unspecified atom stereocenters. The molecule has 0 amide bonds. The van der Waals surface area contributed by atoms with Crippen LogP contribution in [0, 0.1) is 0 Å². The number of aliphatic carboxylic acids is 1. The molecule has 1 rings (SSSR count). The van der Waals surface area contributed by atoms with Gasteiger partial charge in [0, 0.05) is 12.8 Å². The Morgan fingerprint density at radius 2 is 0.893 bits per heavy atom. The van der Waals surface area contributed by atoms with Crippen LogP contribution in [-0.4, -0.2) is 89.2 Å². The van der Waals surface area contributed by atoms with Gasteiger partial charge in [0.05, 0.1) is 13.0 Å². The van der Waals surface area contributed by atoms with Gasteiger partial charge in [-0.15, -0.1) is 0 Å². The van der Waals surface area contributed by atoms with Crippen LogP contribution in [0.3, 0.4) is 0 Å². The molecule has 3 N–H and O–H groups in total. The minimum absolute atomic E-state index is 0.0269. The summed E-state index contributed by atoms with van der Waals surface area (Å²) in [5.74, 6) is -3.40. The number of esters is 3. The predicted molar refractivity (Wildman–Crippen MR) is 303 cm³/mol. The van der Waals surface area contributed by atoms with Gasteiger partial charge in [-0.25, -0.2) is 4.79 Å². The Kier molecular flexibility index (Phi) is 45.0. The molecule has 1 heterocycles. The zero-order valence-electron chi connectivity index (χ0n) is 46.0. The van der Waals surface area contributed by atoms with Crippen molar-refractivity contribution in [1.29, 1.82) is 0 Å². The van der Waals surface area contributed by atoms with E-state index >= 15 is 0 Å². The summed E-state index contributed by atoms with van der Waals surface area (Å²) < 4.78 is 28.2. The zero-order chi connectivity index (χ0) is 54.7. The summed E-state index contributed by atoms with van der Waals surface area (Å²) in [5, 5.41) is 31.4. The number of hydrogen-bond donors (Lipinski definition) is 3. The Labute approximate surface area is 451 Å². The number of carboxylic acids is 1.